The fourth-order valence-corrected chi connectivity index (χ4v) is 2.70. The van der Waals surface area contributed by atoms with Gasteiger partial charge in [-0.1, -0.05) is 6.92 Å². The van der Waals surface area contributed by atoms with Gasteiger partial charge in [0.05, 0.1) is 29.4 Å². The molecule has 7 nitrogen and oxygen atoms in total. The number of halogens is 1. The highest BCUT2D eigenvalue weighted by atomic mass is 19.1. The number of non-ortho nitro benzene ring substituents is 1. The van der Waals surface area contributed by atoms with Gasteiger partial charge >= 0.3 is 5.97 Å². The van der Waals surface area contributed by atoms with Crippen LogP contribution in [0.15, 0.2) is 24.5 Å². The van der Waals surface area contributed by atoms with Crippen molar-refractivity contribution in [3.8, 4) is 11.1 Å². The third-order valence-corrected chi connectivity index (χ3v) is 4.35. The Kier molecular flexibility index (Phi) is 4.28. The number of nitro groups is 1. The van der Waals surface area contributed by atoms with Crippen molar-refractivity contribution < 1.29 is 18.8 Å². The van der Waals surface area contributed by atoms with E-state index in [-0.39, 0.29) is 23.1 Å². The van der Waals surface area contributed by atoms with E-state index in [2.05, 4.69) is 12.0 Å². The zero-order valence-corrected chi connectivity index (χ0v) is 14.0. The van der Waals surface area contributed by atoms with E-state index in [0.29, 0.717) is 12.1 Å². The molecule has 8 heteroatoms. The second-order valence-corrected chi connectivity index (χ2v) is 6.56. The lowest BCUT2D eigenvalue weighted by Gasteiger charge is -2.09. The van der Waals surface area contributed by atoms with Crippen molar-refractivity contribution in [2.45, 2.75) is 33.2 Å². The molecule has 2 aromatic rings. The molecule has 0 N–H and O–H groups in total. The standard InChI is InChI=1S/C17H18FN3O4/c1-3-25-16(22)13-6-12(21(23)24)7-14(18)15(13)11-8-19-20(9-11)10-17(2)4-5-17/h6-9H,3-5,10H2,1-2H3. The van der Waals surface area contributed by atoms with E-state index in [1.807, 2.05) is 0 Å². The van der Waals surface area contributed by atoms with Gasteiger partial charge in [-0.25, -0.2) is 9.18 Å². The summed E-state index contributed by atoms with van der Waals surface area (Å²) < 4.78 is 21.2. The Morgan fingerprint density at radius 1 is 1.48 bits per heavy atom. The molecular formula is C17H18FN3O4. The van der Waals surface area contributed by atoms with Crippen LogP contribution in [0.25, 0.3) is 11.1 Å². The van der Waals surface area contributed by atoms with E-state index < -0.39 is 22.4 Å². The highest BCUT2D eigenvalue weighted by Crippen LogP contribution is 2.46. The van der Waals surface area contributed by atoms with E-state index in [0.717, 1.165) is 25.0 Å². The van der Waals surface area contributed by atoms with E-state index >= 15 is 0 Å². The van der Waals surface area contributed by atoms with Crippen LogP contribution < -0.4 is 0 Å². The number of benzene rings is 1. The minimum atomic E-state index is -0.852. The van der Waals surface area contributed by atoms with E-state index in [1.54, 1.807) is 17.8 Å². The lowest BCUT2D eigenvalue weighted by molar-refractivity contribution is -0.385. The van der Waals surface area contributed by atoms with Gasteiger partial charge in [0.2, 0.25) is 0 Å². The maximum Gasteiger partial charge on any atom is 0.339 e. The first-order chi connectivity index (χ1) is 11.8. The first kappa shape index (κ1) is 17.1. The first-order valence-corrected chi connectivity index (χ1v) is 8.01. The van der Waals surface area contributed by atoms with Gasteiger partial charge in [0.25, 0.3) is 5.69 Å². The molecule has 1 fully saturated rings. The number of nitro benzene ring substituents is 1. The topological polar surface area (TPSA) is 87.3 Å². The monoisotopic (exact) mass is 347 g/mol. The van der Waals surface area contributed by atoms with Crippen molar-refractivity contribution in [1.29, 1.82) is 0 Å². The molecule has 1 aliphatic carbocycles. The summed E-state index contributed by atoms with van der Waals surface area (Å²) in [6.07, 6.45) is 5.33. The Balaban J connectivity index is 2.04. The summed E-state index contributed by atoms with van der Waals surface area (Å²) in [4.78, 5) is 22.4. The minimum Gasteiger partial charge on any atom is -0.462 e. The summed E-state index contributed by atoms with van der Waals surface area (Å²) >= 11 is 0. The number of carbonyl (C=O) groups is 1. The maximum absolute atomic E-state index is 14.6. The molecule has 0 aliphatic heterocycles. The van der Waals surface area contributed by atoms with Gasteiger partial charge in [0.1, 0.15) is 5.82 Å². The summed E-state index contributed by atoms with van der Waals surface area (Å²) in [5, 5.41) is 15.2. The molecule has 0 radical (unpaired) electrons. The molecule has 0 bridgehead atoms. The SMILES string of the molecule is CCOC(=O)c1cc([N+](=O)[O-])cc(F)c1-c1cnn(CC2(C)CC2)c1. The highest BCUT2D eigenvalue weighted by molar-refractivity contribution is 5.98. The molecule has 1 aromatic carbocycles. The highest BCUT2D eigenvalue weighted by Gasteiger charge is 2.37. The molecule has 0 atom stereocenters. The van der Waals surface area contributed by atoms with Gasteiger partial charge < -0.3 is 4.74 Å². The number of aromatic nitrogens is 2. The number of ether oxygens (including phenoxy) is 1. The number of nitrogens with zero attached hydrogens (tertiary/aromatic N) is 3. The van der Waals surface area contributed by atoms with Crippen molar-refractivity contribution in [2.24, 2.45) is 5.41 Å². The summed E-state index contributed by atoms with van der Waals surface area (Å²) in [5.74, 6) is -1.66. The average molecular weight is 347 g/mol. The minimum absolute atomic E-state index is 0.0312. The lowest BCUT2D eigenvalue weighted by atomic mass is 10.0. The Bertz CT molecular complexity index is 842. The van der Waals surface area contributed by atoms with Crippen LogP contribution >= 0.6 is 0 Å². The van der Waals surface area contributed by atoms with Crippen molar-refractivity contribution in [2.75, 3.05) is 6.61 Å². The quantitative estimate of drug-likeness (QED) is 0.453. The summed E-state index contributed by atoms with van der Waals surface area (Å²) in [5.41, 5.74) is -0.106. The van der Waals surface area contributed by atoms with Crippen molar-refractivity contribution in [3.63, 3.8) is 0 Å². The van der Waals surface area contributed by atoms with Gasteiger partial charge in [-0.05, 0) is 25.2 Å². The first-order valence-electron chi connectivity index (χ1n) is 8.01. The second-order valence-electron chi connectivity index (χ2n) is 6.56. The number of hydrogen-bond donors (Lipinski definition) is 0. The summed E-state index contributed by atoms with van der Waals surface area (Å²) in [7, 11) is 0. The van der Waals surface area contributed by atoms with Crippen LogP contribution in [-0.4, -0.2) is 27.3 Å². The van der Waals surface area contributed by atoms with Crippen molar-refractivity contribution >= 4 is 11.7 Å². The molecule has 0 unspecified atom stereocenters. The zero-order chi connectivity index (χ0) is 18.2. The number of carbonyl (C=O) groups excluding carboxylic acids is 1. The third-order valence-electron chi connectivity index (χ3n) is 4.35. The lowest BCUT2D eigenvalue weighted by Crippen LogP contribution is -2.09. The van der Waals surface area contributed by atoms with Gasteiger partial charge in [-0.2, -0.15) is 5.10 Å². The van der Waals surface area contributed by atoms with Crippen molar-refractivity contribution in [1.82, 2.24) is 9.78 Å². The van der Waals surface area contributed by atoms with Gasteiger partial charge in [0.15, 0.2) is 0 Å². The molecule has 1 aliphatic rings. The summed E-state index contributed by atoms with van der Waals surface area (Å²) in [6, 6.07) is 1.84. The molecule has 1 heterocycles. The summed E-state index contributed by atoms with van der Waals surface area (Å²) in [6.45, 7) is 4.54. The molecule has 25 heavy (non-hydrogen) atoms. The van der Waals surface area contributed by atoms with E-state index in [4.69, 9.17) is 4.74 Å². The average Bonchev–Trinajstić information content (AvgIpc) is 3.09. The molecule has 1 saturated carbocycles. The van der Waals surface area contributed by atoms with Crippen LogP contribution in [0.1, 0.15) is 37.0 Å². The zero-order valence-electron chi connectivity index (χ0n) is 14.0. The Labute approximate surface area is 143 Å². The van der Waals surface area contributed by atoms with Gasteiger partial charge in [-0.3, -0.25) is 14.8 Å². The van der Waals surface area contributed by atoms with Crippen LogP contribution in [0, 0.1) is 21.3 Å². The fourth-order valence-electron chi connectivity index (χ4n) is 2.70. The Morgan fingerprint density at radius 3 is 2.80 bits per heavy atom. The third kappa shape index (κ3) is 3.52. The van der Waals surface area contributed by atoms with E-state index in [9.17, 15) is 19.3 Å². The van der Waals surface area contributed by atoms with Crippen LogP contribution in [0.2, 0.25) is 0 Å². The fraction of sp³-hybridized carbons (Fsp3) is 0.412. The largest absolute Gasteiger partial charge is 0.462 e. The Hall–Kier alpha value is -2.77. The molecular weight excluding hydrogens is 329 g/mol. The molecule has 0 amide bonds. The molecule has 1 aromatic heterocycles. The van der Waals surface area contributed by atoms with Crippen LogP contribution in [0.3, 0.4) is 0 Å². The number of esters is 1. The number of hydrogen-bond acceptors (Lipinski definition) is 5. The van der Waals surface area contributed by atoms with Crippen LogP contribution in [0.4, 0.5) is 10.1 Å². The number of rotatable bonds is 6. The predicted molar refractivity (Wildman–Crippen MR) is 87.6 cm³/mol. The molecule has 132 valence electrons. The van der Waals surface area contributed by atoms with E-state index in [1.165, 1.54) is 6.20 Å². The normalized spacial score (nSPS) is 15.0. The molecule has 0 spiro atoms. The van der Waals surface area contributed by atoms with Gasteiger partial charge in [0, 0.05) is 29.9 Å². The smallest absolute Gasteiger partial charge is 0.339 e. The molecule has 0 saturated heterocycles. The van der Waals surface area contributed by atoms with Crippen LogP contribution in [-0.2, 0) is 11.3 Å². The van der Waals surface area contributed by atoms with Crippen LogP contribution in [0.5, 0.6) is 0 Å². The second kappa shape index (κ2) is 6.27. The molecule has 3 rings (SSSR count). The maximum atomic E-state index is 14.6. The Morgan fingerprint density at radius 2 is 2.20 bits per heavy atom. The van der Waals surface area contributed by atoms with Crippen molar-refractivity contribution in [3.05, 3.63) is 46.0 Å². The van der Waals surface area contributed by atoms with Gasteiger partial charge in [-0.15, -0.1) is 0 Å². The predicted octanol–water partition coefficient (Wildman–Crippen LogP) is 3.57.